The molecule has 1 amide bonds. The van der Waals surface area contributed by atoms with Crippen LogP contribution in [0.1, 0.15) is 44.1 Å². The molecule has 4 N–H and O–H groups in total. The fourth-order valence-electron chi connectivity index (χ4n) is 2.31. The minimum atomic E-state index is -0.300. The van der Waals surface area contributed by atoms with Gasteiger partial charge in [-0.15, -0.1) is 0 Å². The van der Waals surface area contributed by atoms with Crippen molar-refractivity contribution in [1.82, 2.24) is 5.32 Å². The summed E-state index contributed by atoms with van der Waals surface area (Å²) in [7, 11) is 0. The summed E-state index contributed by atoms with van der Waals surface area (Å²) in [6.45, 7) is 0.124. The SMILES string of the molecule is O=C(CCCCCCCO)N[C@H](CO)Cc1ccc(O)cc1. The summed E-state index contributed by atoms with van der Waals surface area (Å²) in [6, 6.07) is 6.46. The van der Waals surface area contributed by atoms with Crippen molar-refractivity contribution < 1.29 is 20.1 Å². The first kappa shape index (κ1) is 18.5. The van der Waals surface area contributed by atoms with E-state index in [2.05, 4.69) is 5.32 Å². The molecule has 1 aromatic carbocycles. The average molecular weight is 309 g/mol. The number of aliphatic hydroxyl groups is 2. The van der Waals surface area contributed by atoms with Crippen molar-refractivity contribution in [3.05, 3.63) is 29.8 Å². The molecule has 0 aliphatic carbocycles. The van der Waals surface area contributed by atoms with E-state index in [1.165, 1.54) is 0 Å². The van der Waals surface area contributed by atoms with Crippen LogP contribution in [0.25, 0.3) is 0 Å². The van der Waals surface area contributed by atoms with Gasteiger partial charge in [-0.3, -0.25) is 4.79 Å². The molecule has 0 fully saturated rings. The summed E-state index contributed by atoms with van der Waals surface area (Å²) >= 11 is 0. The van der Waals surface area contributed by atoms with E-state index in [1.54, 1.807) is 24.3 Å². The lowest BCUT2D eigenvalue weighted by atomic mass is 10.1. The number of aromatic hydroxyl groups is 1. The molecule has 0 aliphatic rings. The number of aliphatic hydroxyl groups excluding tert-OH is 2. The predicted octanol–water partition coefficient (Wildman–Crippen LogP) is 1.74. The van der Waals surface area contributed by atoms with Crippen molar-refractivity contribution in [2.24, 2.45) is 0 Å². The van der Waals surface area contributed by atoms with E-state index in [1.807, 2.05) is 0 Å². The van der Waals surface area contributed by atoms with E-state index < -0.39 is 0 Å². The van der Waals surface area contributed by atoms with Gasteiger partial charge in [0.25, 0.3) is 0 Å². The summed E-state index contributed by atoms with van der Waals surface area (Å²) in [5.74, 6) is 0.162. The van der Waals surface area contributed by atoms with E-state index in [9.17, 15) is 15.0 Å². The molecule has 0 heterocycles. The van der Waals surface area contributed by atoms with E-state index >= 15 is 0 Å². The van der Waals surface area contributed by atoms with Gasteiger partial charge < -0.3 is 20.6 Å². The first-order valence-corrected chi connectivity index (χ1v) is 7.94. The third-order valence-electron chi connectivity index (χ3n) is 3.57. The number of unbranched alkanes of at least 4 members (excludes halogenated alkanes) is 4. The maximum Gasteiger partial charge on any atom is 0.220 e. The molecule has 0 unspecified atom stereocenters. The zero-order valence-electron chi connectivity index (χ0n) is 13.0. The number of phenols is 1. The molecule has 22 heavy (non-hydrogen) atoms. The number of hydrogen-bond donors (Lipinski definition) is 4. The monoisotopic (exact) mass is 309 g/mol. The second-order valence-corrected chi connectivity index (χ2v) is 5.56. The van der Waals surface area contributed by atoms with E-state index in [0.717, 1.165) is 37.7 Å². The lowest BCUT2D eigenvalue weighted by molar-refractivity contribution is -0.122. The fourth-order valence-corrected chi connectivity index (χ4v) is 2.31. The number of carbonyl (C=O) groups is 1. The number of benzene rings is 1. The van der Waals surface area contributed by atoms with E-state index in [-0.39, 0.29) is 30.9 Å². The van der Waals surface area contributed by atoms with Gasteiger partial charge in [-0.25, -0.2) is 0 Å². The van der Waals surface area contributed by atoms with Crippen LogP contribution in [0.3, 0.4) is 0 Å². The molecule has 0 saturated heterocycles. The zero-order chi connectivity index (χ0) is 16.2. The number of phenolic OH excluding ortho intramolecular Hbond substituents is 1. The summed E-state index contributed by atoms with van der Waals surface area (Å²) in [4.78, 5) is 11.8. The molecule has 1 aromatic rings. The Kier molecular flexibility index (Phi) is 9.26. The van der Waals surface area contributed by atoms with Gasteiger partial charge >= 0.3 is 0 Å². The second kappa shape index (κ2) is 11.0. The molecule has 0 saturated carbocycles. The highest BCUT2D eigenvalue weighted by atomic mass is 16.3. The van der Waals surface area contributed by atoms with Gasteiger partial charge in [-0.05, 0) is 37.0 Å². The maximum absolute atomic E-state index is 11.8. The van der Waals surface area contributed by atoms with Gasteiger partial charge in [0.05, 0.1) is 12.6 Å². The summed E-state index contributed by atoms with van der Waals surface area (Å²) < 4.78 is 0. The molecular formula is C17H27NO4. The molecule has 0 radical (unpaired) electrons. The topological polar surface area (TPSA) is 89.8 Å². The van der Waals surface area contributed by atoms with Gasteiger partial charge in [-0.2, -0.15) is 0 Å². The highest BCUT2D eigenvalue weighted by Crippen LogP contribution is 2.11. The van der Waals surface area contributed by atoms with Crippen molar-refractivity contribution in [3.8, 4) is 5.75 Å². The third-order valence-corrected chi connectivity index (χ3v) is 3.57. The normalized spacial score (nSPS) is 12.1. The van der Waals surface area contributed by atoms with Crippen LogP contribution in [0.2, 0.25) is 0 Å². The molecular weight excluding hydrogens is 282 g/mol. The molecule has 124 valence electrons. The molecule has 0 spiro atoms. The van der Waals surface area contributed by atoms with Crippen molar-refractivity contribution in [2.45, 2.75) is 51.0 Å². The van der Waals surface area contributed by atoms with Gasteiger partial charge in [-0.1, -0.05) is 31.4 Å². The maximum atomic E-state index is 11.8. The minimum absolute atomic E-state index is 0.0417. The molecule has 0 aliphatic heterocycles. The molecule has 5 nitrogen and oxygen atoms in total. The van der Waals surface area contributed by atoms with Gasteiger partial charge in [0.15, 0.2) is 0 Å². The zero-order valence-corrected chi connectivity index (χ0v) is 13.0. The van der Waals surface area contributed by atoms with Crippen LogP contribution >= 0.6 is 0 Å². The Labute approximate surface area is 132 Å². The van der Waals surface area contributed by atoms with Crippen LogP contribution in [-0.2, 0) is 11.2 Å². The molecule has 5 heteroatoms. The van der Waals surface area contributed by atoms with Gasteiger partial charge in [0.2, 0.25) is 5.91 Å². The Bertz CT molecular complexity index is 419. The highest BCUT2D eigenvalue weighted by Gasteiger charge is 2.12. The van der Waals surface area contributed by atoms with Crippen LogP contribution in [0, 0.1) is 0 Å². The van der Waals surface area contributed by atoms with Crippen molar-refractivity contribution in [3.63, 3.8) is 0 Å². The lowest BCUT2D eigenvalue weighted by Crippen LogP contribution is -2.38. The van der Waals surface area contributed by atoms with Crippen molar-refractivity contribution in [1.29, 1.82) is 0 Å². The summed E-state index contributed by atoms with van der Waals surface area (Å²) in [5.41, 5.74) is 0.959. The summed E-state index contributed by atoms with van der Waals surface area (Å²) in [5, 5.41) is 30.1. The van der Waals surface area contributed by atoms with Crippen LogP contribution in [0.5, 0.6) is 5.75 Å². The third kappa shape index (κ3) is 8.00. The fraction of sp³-hybridized carbons (Fsp3) is 0.588. The number of amides is 1. The number of rotatable bonds is 11. The number of nitrogens with one attached hydrogen (secondary N) is 1. The smallest absolute Gasteiger partial charge is 0.220 e. The van der Waals surface area contributed by atoms with E-state index in [4.69, 9.17) is 5.11 Å². The molecule has 1 atom stereocenters. The number of carbonyl (C=O) groups excluding carboxylic acids is 1. The Balaban J connectivity index is 2.24. The van der Waals surface area contributed by atoms with E-state index in [0.29, 0.717) is 12.8 Å². The number of hydrogen-bond acceptors (Lipinski definition) is 4. The lowest BCUT2D eigenvalue weighted by Gasteiger charge is -2.16. The highest BCUT2D eigenvalue weighted by molar-refractivity contribution is 5.76. The van der Waals surface area contributed by atoms with Crippen molar-refractivity contribution in [2.75, 3.05) is 13.2 Å². The largest absolute Gasteiger partial charge is 0.508 e. The Morgan fingerprint density at radius 1 is 1.00 bits per heavy atom. The second-order valence-electron chi connectivity index (χ2n) is 5.56. The molecule has 0 bridgehead atoms. The van der Waals surface area contributed by atoms with Crippen LogP contribution in [-0.4, -0.2) is 40.5 Å². The first-order valence-electron chi connectivity index (χ1n) is 7.94. The van der Waals surface area contributed by atoms with Crippen LogP contribution in [0.4, 0.5) is 0 Å². The van der Waals surface area contributed by atoms with Gasteiger partial charge in [0, 0.05) is 13.0 Å². The standard InChI is InChI=1S/C17H27NO4/c19-11-5-3-1-2-4-6-17(22)18-15(13-20)12-14-7-9-16(21)10-8-14/h7-10,15,19-21H,1-6,11-13H2,(H,18,22)/t15-/m0/s1. The van der Waals surface area contributed by atoms with Crippen LogP contribution < -0.4 is 5.32 Å². The van der Waals surface area contributed by atoms with Crippen LogP contribution in [0.15, 0.2) is 24.3 Å². The predicted molar refractivity (Wildman–Crippen MR) is 85.6 cm³/mol. The first-order chi connectivity index (χ1) is 10.7. The van der Waals surface area contributed by atoms with Gasteiger partial charge in [0.1, 0.15) is 5.75 Å². The Morgan fingerprint density at radius 2 is 1.64 bits per heavy atom. The summed E-state index contributed by atoms with van der Waals surface area (Å²) in [6.07, 6.45) is 5.67. The minimum Gasteiger partial charge on any atom is -0.508 e. The quantitative estimate of drug-likeness (QED) is 0.469. The molecule has 1 rings (SSSR count). The van der Waals surface area contributed by atoms with Crippen molar-refractivity contribution >= 4 is 5.91 Å². The Hall–Kier alpha value is -1.59. The average Bonchev–Trinajstić information content (AvgIpc) is 2.52. The Morgan fingerprint density at radius 3 is 2.27 bits per heavy atom. The molecule has 0 aromatic heterocycles.